The number of benzene rings is 1. The molecule has 0 radical (unpaired) electrons. The van der Waals surface area contributed by atoms with Gasteiger partial charge in [-0.15, -0.1) is 0 Å². The van der Waals surface area contributed by atoms with E-state index in [1.54, 1.807) is 0 Å². The van der Waals surface area contributed by atoms with E-state index < -0.39 is 5.60 Å². The van der Waals surface area contributed by atoms with Crippen LogP contribution in [-0.2, 0) is 16.0 Å². The molecule has 3 heteroatoms. The quantitative estimate of drug-likeness (QED) is 0.737. The van der Waals surface area contributed by atoms with Gasteiger partial charge in [0.2, 0.25) is 0 Å². The van der Waals surface area contributed by atoms with Crippen molar-refractivity contribution in [2.45, 2.75) is 38.8 Å². The number of hydrogen-bond acceptors (Lipinski definition) is 3. The summed E-state index contributed by atoms with van der Waals surface area (Å²) in [5.41, 5.74) is 1.80. The molecule has 0 saturated heterocycles. The van der Waals surface area contributed by atoms with Gasteiger partial charge in [-0.2, -0.15) is 0 Å². The van der Waals surface area contributed by atoms with E-state index in [1.165, 1.54) is 5.56 Å². The Morgan fingerprint density at radius 1 is 1.38 bits per heavy atom. The molecule has 0 fully saturated rings. The van der Waals surface area contributed by atoms with Gasteiger partial charge in [0.25, 0.3) is 0 Å². The minimum Gasteiger partial charge on any atom is -0.458 e. The molecule has 1 heterocycles. The van der Waals surface area contributed by atoms with Gasteiger partial charge in [-0.25, -0.2) is 4.79 Å². The number of ether oxygens (including phenoxy) is 1. The Kier molecular flexibility index (Phi) is 2.62. The van der Waals surface area contributed by atoms with E-state index in [1.807, 2.05) is 45.0 Å². The van der Waals surface area contributed by atoms with Crippen LogP contribution in [0, 0.1) is 0 Å². The van der Waals surface area contributed by atoms with Crippen molar-refractivity contribution in [3.8, 4) is 0 Å². The van der Waals surface area contributed by atoms with Crippen LogP contribution in [0.25, 0.3) is 0 Å². The van der Waals surface area contributed by atoms with Crippen molar-refractivity contribution in [3.63, 3.8) is 0 Å². The molecule has 3 nitrogen and oxygen atoms in total. The molecule has 1 aromatic rings. The Balaban J connectivity index is 2.04. The van der Waals surface area contributed by atoms with E-state index in [-0.39, 0.29) is 12.0 Å². The van der Waals surface area contributed by atoms with Crippen molar-refractivity contribution in [3.05, 3.63) is 29.8 Å². The molecule has 16 heavy (non-hydrogen) atoms. The van der Waals surface area contributed by atoms with Gasteiger partial charge in [-0.3, -0.25) is 0 Å². The van der Waals surface area contributed by atoms with Crippen LogP contribution in [0.2, 0.25) is 0 Å². The summed E-state index contributed by atoms with van der Waals surface area (Å²) in [5.74, 6) is -0.177. The molecule has 0 unspecified atom stereocenters. The van der Waals surface area contributed by atoms with Gasteiger partial charge in [0, 0.05) is 12.1 Å². The number of anilines is 1. The SMILES string of the molecule is CC(C)(C)OC(=O)[C@@H]1Cc2ccccc2N1. The average molecular weight is 219 g/mol. The highest BCUT2D eigenvalue weighted by atomic mass is 16.6. The summed E-state index contributed by atoms with van der Waals surface area (Å²) in [4.78, 5) is 11.8. The third-order valence-corrected chi connectivity index (χ3v) is 2.46. The minimum atomic E-state index is -0.423. The second kappa shape index (κ2) is 3.81. The standard InChI is InChI=1S/C13H17NO2/c1-13(2,3)16-12(15)11-8-9-6-4-5-7-10(9)14-11/h4-7,11,14H,8H2,1-3H3/t11-/m0/s1. The fourth-order valence-electron chi connectivity index (χ4n) is 1.81. The topological polar surface area (TPSA) is 38.3 Å². The Morgan fingerprint density at radius 3 is 2.69 bits per heavy atom. The Bertz CT molecular complexity index is 382. The smallest absolute Gasteiger partial charge is 0.329 e. The van der Waals surface area contributed by atoms with Crippen LogP contribution in [0.3, 0.4) is 0 Å². The van der Waals surface area contributed by atoms with Crippen LogP contribution in [-0.4, -0.2) is 17.6 Å². The summed E-state index contributed by atoms with van der Waals surface area (Å²) in [7, 11) is 0. The summed E-state index contributed by atoms with van der Waals surface area (Å²) >= 11 is 0. The number of carbonyl (C=O) groups excluding carboxylic acids is 1. The maximum Gasteiger partial charge on any atom is 0.329 e. The highest BCUT2D eigenvalue weighted by molar-refractivity contribution is 5.83. The Hall–Kier alpha value is -1.51. The van der Waals surface area contributed by atoms with E-state index >= 15 is 0 Å². The molecule has 0 amide bonds. The Morgan fingerprint density at radius 2 is 2.06 bits per heavy atom. The minimum absolute atomic E-state index is 0.177. The number of para-hydroxylation sites is 1. The van der Waals surface area contributed by atoms with Gasteiger partial charge in [-0.05, 0) is 32.4 Å². The highest BCUT2D eigenvalue weighted by Gasteiger charge is 2.30. The van der Waals surface area contributed by atoms with E-state index in [4.69, 9.17) is 4.74 Å². The van der Waals surface area contributed by atoms with Crippen LogP contribution >= 0.6 is 0 Å². The average Bonchev–Trinajstić information content (AvgIpc) is 2.58. The number of fused-ring (bicyclic) bond motifs is 1. The molecule has 1 atom stereocenters. The predicted octanol–water partition coefficient (Wildman–Crippen LogP) is 2.36. The van der Waals surface area contributed by atoms with E-state index in [2.05, 4.69) is 5.32 Å². The second-order valence-electron chi connectivity index (χ2n) is 5.09. The lowest BCUT2D eigenvalue weighted by Crippen LogP contribution is -2.35. The molecule has 0 bridgehead atoms. The normalized spacial score (nSPS) is 18.8. The van der Waals surface area contributed by atoms with Crippen molar-refractivity contribution >= 4 is 11.7 Å². The molecule has 86 valence electrons. The molecule has 1 N–H and O–H groups in total. The third-order valence-electron chi connectivity index (χ3n) is 2.46. The van der Waals surface area contributed by atoms with Crippen LogP contribution in [0.1, 0.15) is 26.3 Å². The van der Waals surface area contributed by atoms with Gasteiger partial charge >= 0.3 is 5.97 Å². The van der Waals surface area contributed by atoms with Crippen LogP contribution < -0.4 is 5.32 Å². The molecular formula is C13H17NO2. The summed E-state index contributed by atoms with van der Waals surface area (Å²) < 4.78 is 5.35. The van der Waals surface area contributed by atoms with Gasteiger partial charge < -0.3 is 10.1 Å². The van der Waals surface area contributed by atoms with Crippen LogP contribution in [0.4, 0.5) is 5.69 Å². The molecule has 1 aliphatic rings. The maximum atomic E-state index is 11.8. The lowest BCUT2D eigenvalue weighted by atomic mass is 10.1. The first-order chi connectivity index (χ1) is 7.46. The fraction of sp³-hybridized carbons (Fsp3) is 0.462. The number of carbonyl (C=O) groups is 1. The monoisotopic (exact) mass is 219 g/mol. The first kappa shape index (κ1) is 11.0. The number of nitrogens with one attached hydrogen (secondary N) is 1. The van der Waals surface area contributed by atoms with Crippen molar-refractivity contribution in [2.75, 3.05) is 5.32 Å². The van der Waals surface area contributed by atoms with Crippen LogP contribution in [0.5, 0.6) is 0 Å². The molecule has 0 saturated carbocycles. The molecule has 2 rings (SSSR count). The highest BCUT2D eigenvalue weighted by Crippen LogP contribution is 2.26. The third kappa shape index (κ3) is 2.35. The van der Waals surface area contributed by atoms with Crippen LogP contribution in [0.15, 0.2) is 24.3 Å². The first-order valence-corrected chi connectivity index (χ1v) is 5.53. The first-order valence-electron chi connectivity index (χ1n) is 5.53. The van der Waals surface area contributed by atoms with Gasteiger partial charge in [0.05, 0.1) is 0 Å². The number of esters is 1. The summed E-state index contributed by atoms with van der Waals surface area (Å²) in [5, 5.41) is 3.18. The van der Waals surface area contributed by atoms with Gasteiger partial charge in [-0.1, -0.05) is 18.2 Å². The zero-order valence-corrected chi connectivity index (χ0v) is 9.91. The van der Waals surface area contributed by atoms with Gasteiger partial charge in [0.1, 0.15) is 11.6 Å². The fourth-order valence-corrected chi connectivity index (χ4v) is 1.81. The van der Waals surface area contributed by atoms with Crippen molar-refractivity contribution < 1.29 is 9.53 Å². The molecule has 1 aromatic carbocycles. The lowest BCUT2D eigenvalue weighted by Gasteiger charge is -2.22. The Labute approximate surface area is 95.8 Å². The lowest BCUT2D eigenvalue weighted by molar-refractivity contribution is -0.155. The van der Waals surface area contributed by atoms with Crippen molar-refractivity contribution in [1.29, 1.82) is 0 Å². The zero-order chi connectivity index (χ0) is 11.8. The van der Waals surface area contributed by atoms with Crippen molar-refractivity contribution in [2.24, 2.45) is 0 Å². The summed E-state index contributed by atoms with van der Waals surface area (Å²) in [6, 6.07) is 7.73. The zero-order valence-electron chi connectivity index (χ0n) is 9.91. The van der Waals surface area contributed by atoms with E-state index in [9.17, 15) is 4.79 Å². The molecule has 0 aromatic heterocycles. The number of hydrogen-bond donors (Lipinski definition) is 1. The maximum absolute atomic E-state index is 11.8. The second-order valence-corrected chi connectivity index (χ2v) is 5.09. The molecule has 0 aliphatic carbocycles. The summed E-state index contributed by atoms with van der Waals surface area (Å²) in [6.07, 6.45) is 0.713. The van der Waals surface area contributed by atoms with Gasteiger partial charge in [0.15, 0.2) is 0 Å². The predicted molar refractivity (Wildman–Crippen MR) is 63.4 cm³/mol. The van der Waals surface area contributed by atoms with Crippen molar-refractivity contribution in [1.82, 2.24) is 0 Å². The molecule has 0 spiro atoms. The molecule has 1 aliphatic heterocycles. The largest absolute Gasteiger partial charge is 0.458 e. The summed E-state index contributed by atoms with van der Waals surface area (Å²) in [6.45, 7) is 5.65. The molecular weight excluding hydrogens is 202 g/mol. The van der Waals surface area contributed by atoms with E-state index in [0.29, 0.717) is 6.42 Å². The van der Waals surface area contributed by atoms with E-state index in [0.717, 1.165) is 5.69 Å². The number of rotatable bonds is 1.